The second-order valence-electron chi connectivity index (χ2n) is 2.73. The smallest absolute Gasteiger partial charge is 0.327 e. The van der Waals surface area contributed by atoms with Crippen molar-refractivity contribution in [1.29, 1.82) is 5.26 Å². The molecule has 0 radical (unpaired) electrons. The molecule has 0 bridgehead atoms. The first-order chi connectivity index (χ1) is 6.69. The van der Waals surface area contributed by atoms with Gasteiger partial charge in [-0.25, -0.2) is 0 Å². The molecule has 0 saturated carbocycles. The Balaban J connectivity index is 2.88. The molecule has 0 aromatic heterocycles. The van der Waals surface area contributed by atoms with Gasteiger partial charge in [0.2, 0.25) is 0 Å². The Kier molecular flexibility index (Phi) is 3.21. The van der Waals surface area contributed by atoms with Gasteiger partial charge in [-0.1, -0.05) is 12.1 Å². The third-order valence-corrected chi connectivity index (χ3v) is 1.85. The topological polar surface area (TPSA) is 76.1 Å². The summed E-state index contributed by atoms with van der Waals surface area (Å²) in [4.78, 5) is 11.1. The fourth-order valence-corrected chi connectivity index (χ4v) is 1.03. The molecule has 0 fully saturated rings. The minimum absolute atomic E-state index is 0.491. The number of hydrogen-bond donors (Lipinski definition) is 1. The lowest BCUT2D eigenvalue weighted by atomic mass is 10.1. The maximum atomic E-state index is 11.1. The Hall–Kier alpha value is -1.86. The second-order valence-corrected chi connectivity index (χ2v) is 2.73. The normalized spacial score (nSPS) is 11.5. The third-order valence-electron chi connectivity index (χ3n) is 1.85. The lowest BCUT2D eigenvalue weighted by molar-refractivity contribution is -0.142. The van der Waals surface area contributed by atoms with Crippen LogP contribution in [0.4, 0.5) is 0 Å². The quantitative estimate of drug-likeness (QED) is 0.697. The average Bonchev–Trinajstić information content (AvgIpc) is 2.27. The SMILES string of the molecule is COC(=O)[C@@H](N)c1ccc(C#N)cc1. The summed E-state index contributed by atoms with van der Waals surface area (Å²) in [7, 11) is 1.28. The number of carbonyl (C=O) groups is 1. The number of benzene rings is 1. The van der Waals surface area contributed by atoms with Gasteiger partial charge in [0.05, 0.1) is 18.7 Å². The molecule has 0 aliphatic carbocycles. The van der Waals surface area contributed by atoms with Crippen LogP contribution in [0.25, 0.3) is 0 Å². The van der Waals surface area contributed by atoms with Gasteiger partial charge in [-0.2, -0.15) is 5.26 Å². The molecule has 2 N–H and O–H groups in total. The van der Waals surface area contributed by atoms with Crippen molar-refractivity contribution in [3.63, 3.8) is 0 Å². The number of hydrogen-bond acceptors (Lipinski definition) is 4. The lowest BCUT2D eigenvalue weighted by Gasteiger charge is -2.08. The van der Waals surface area contributed by atoms with E-state index in [1.165, 1.54) is 7.11 Å². The monoisotopic (exact) mass is 190 g/mol. The molecular formula is C10H10N2O2. The zero-order chi connectivity index (χ0) is 10.6. The van der Waals surface area contributed by atoms with Crippen LogP contribution in [0.2, 0.25) is 0 Å². The van der Waals surface area contributed by atoms with Gasteiger partial charge in [-0.3, -0.25) is 4.79 Å². The van der Waals surface area contributed by atoms with Gasteiger partial charge in [0.15, 0.2) is 0 Å². The van der Waals surface area contributed by atoms with Crippen LogP contribution in [0.15, 0.2) is 24.3 Å². The molecule has 1 aromatic carbocycles. The van der Waals surface area contributed by atoms with Crippen LogP contribution in [-0.2, 0) is 9.53 Å². The van der Waals surface area contributed by atoms with Crippen LogP contribution >= 0.6 is 0 Å². The van der Waals surface area contributed by atoms with E-state index in [0.29, 0.717) is 11.1 Å². The van der Waals surface area contributed by atoms with Crippen LogP contribution in [0.5, 0.6) is 0 Å². The van der Waals surface area contributed by atoms with Gasteiger partial charge in [-0.05, 0) is 17.7 Å². The van der Waals surface area contributed by atoms with E-state index in [1.54, 1.807) is 24.3 Å². The summed E-state index contributed by atoms with van der Waals surface area (Å²) in [6.45, 7) is 0. The van der Waals surface area contributed by atoms with Crippen molar-refractivity contribution in [1.82, 2.24) is 0 Å². The Morgan fingerprint density at radius 3 is 2.50 bits per heavy atom. The number of nitrogens with two attached hydrogens (primary N) is 1. The Morgan fingerprint density at radius 2 is 2.07 bits per heavy atom. The van der Waals surface area contributed by atoms with Crippen molar-refractivity contribution in [3.05, 3.63) is 35.4 Å². The number of esters is 1. The zero-order valence-corrected chi connectivity index (χ0v) is 7.73. The highest BCUT2D eigenvalue weighted by Crippen LogP contribution is 2.12. The summed E-state index contributed by atoms with van der Waals surface area (Å²) in [6.07, 6.45) is 0. The number of methoxy groups -OCH3 is 1. The highest BCUT2D eigenvalue weighted by atomic mass is 16.5. The number of nitrogens with zero attached hydrogens (tertiary/aromatic N) is 1. The Morgan fingerprint density at radius 1 is 1.50 bits per heavy atom. The van der Waals surface area contributed by atoms with E-state index in [1.807, 2.05) is 6.07 Å². The molecule has 0 amide bonds. The maximum absolute atomic E-state index is 11.1. The van der Waals surface area contributed by atoms with Gasteiger partial charge < -0.3 is 10.5 Å². The van der Waals surface area contributed by atoms with E-state index in [0.717, 1.165) is 0 Å². The first-order valence-corrected chi connectivity index (χ1v) is 4.02. The van der Waals surface area contributed by atoms with Gasteiger partial charge in [0.25, 0.3) is 0 Å². The molecule has 4 heteroatoms. The molecule has 1 aromatic rings. The Bertz CT molecular complexity index is 365. The number of rotatable bonds is 2. The van der Waals surface area contributed by atoms with E-state index in [9.17, 15) is 4.79 Å². The second kappa shape index (κ2) is 4.40. The Labute approximate surface area is 81.9 Å². The molecule has 1 rings (SSSR count). The van der Waals surface area contributed by atoms with Crippen molar-refractivity contribution in [2.24, 2.45) is 5.73 Å². The molecule has 0 heterocycles. The number of carbonyl (C=O) groups excluding carboxylic acids is 1. The summed E-state index contributed by atoms with van der Waals surface area (Å²) in [5.74, 6) is -0.491. The van der Waals surface area contributed by atoms with Gasteiger partial charge in [0, 0.05) is 0 Å². The largest absolute Gasteiger partial charge is 0.468 e. The molecule has 0 unspecified atom stereocenters. The number of ether oxygens (including phenoxy) is 1. The van der Waals surface area contributed by atoms with E-state index in [4.69, 9.17) is 11.0 Å². The first-order valence-electron chi connectivity index (χ1n) is 4.02. The molecule has 4 nitrogen and oxygen atoms in total. The van der Waals surface area contributed by atoms with Crippen LogP contribution in [0.1, 0.15) is 17.2 Å². The van der Waals surface area contributed by atoms with Crippen molar-refractivity contribution < 1.29 is 9.53 Å². The van der Waals surface area contributed by atoms with Gasteiger partial charge in [-0.15, -0.1) is 0 Å². The molecule has 0 spiro atoms. The third kappa shape index (κ3) is 2.09. The summed E-state index contributed by atoms with van der Waals surface area (Å²) >= 11 is 0. The molecule has 0 saturated heterocycles. The highest BCUT2D eigenvalue weighted by Gasteiger charge is 2.15. The molecule has 1 atom stereocenters. The van der Waals surface area contributed by atoms with E-state index >= 15 is 0 Å². The summed E-state index contributed by atoms with van der Waals surface area (Å²) in [6, 6.07) is 7.69. The van der Waals surface area contributed by atoms with Crippen LogP contribution in [0.3, 0.4) is 0 Å². The molecule has 72 valence electrons. The van der Waals surface area contributed by atoms with Crippen LogP contribution in [-0.4, -0.2) is 13.1 Å². The van der Waals surface area contributed by atoms with Crippen LogP contribution in [0, 0.1) is 11.3 Å². The summed E-state index contributed by atoms with van der Waals surface area (Å²) < 4.78 is 4.49. The van der Waals surface area contributed by atoms with Crippen molar-refractivity contribution in [2.45, 2.75) is 6.04 Å². The van der Waals surface area contributed by atoms with Gasteiger partial charge in [0.1, 0.15) is 6.04 Å². The van der Waals surface area contributed by atoms with E-state index < -0.39 is 12.0 Å². The van der Waals surface area contributed by atoms with E-state index in [2.05, 4.69) is 4.74 Å². The summed E-state index contributed by atoms with van der Waals surface area (Å²) in [5, 5.41) is 8.55. The first kappa shape index (κ1) is 10.2. The fourth-order valence-electron chi connectivity index (χ4n) is 1.03. The molecule has 0 aliphatic rings. The molecule has 14 heavy (non-hydrogen) atoms. The van der Waals surface area contributed by atoms with Crippen molar-refractivity contribution in [2.75, 3.05) is 7.11 Å². The summed E-state index contributed by atoms with van der Waals surface area (Å²) in [5.41, 5.74) is 6.75. The predicted octanol–water partition coefficient (Wildman–Crippen LogP) is 0.731. The number of nitriles is 1. The van der Waals surface area contributed by atoms with Gasteiger partial charge >= 0.3 is 5.97 Å². The maximum Gasteiger partial charge on any atom is 0.327 e. The van der Waals surface area contributed by atoms with Crippen LogP contribution < -0.4 is 5.73 Å². The lowest BCUT2D eigenvalue weighted by Crippen LogP contribution is -2.22. The zero-order valence-electron chi connectivity index (χ0n) is 7.73. The van der Waals surface area contributed by atoms with E-state index in [-0.39, 0.29) is 0 Å². The minimum Gasteiger partial charge on any atom is -0.468 e. The van der Waals surface area contributed by atoms with Crippen molar-refractivity contribution in [3.8, 4) is 6.07 Å². The highest BCUT2D eigenvalue weighted by molar-refractivity contribution is 5.77. The fraction of sp³-hybridized carbons (Fsp3) is 0.200. The standard InChI is InChI=1S/C10H10N2O2/c1-14-10(13)9(12)8-4-2-7(6-11)3-5-8/h2-5,9H,12H2,1H3/t9-/m0/s1. The minimum atomic E-state index is -0.784. The predicted molar refractivity (Wildman–Crippen MR) is 50.1 cm³/mol. The average molecular weight is 190 g/mol. The van der Waals surface area contributed by atoms with Crippen molar-refractivity contribution >= 4 is 5.97 Å². The molecule has 0 aliphatic heterocycles. The molecular weight excluding hydrogens is 180 g/mol.